The molecule has 6 N–H and O–H groups in total. The second kappa shape index (κ2) is 10.0. The van der Waals surface area contributed by atoms with Crippen molar-refractivity contribution in [3.63, 3.8) is 0 Å². The van der Waals surface area contributed by atoms with E-state index in [-0.39, 0.29) is 5.70 Å². The van der Waals surface area contributed by atoms with E-state index < -0.39 is 17.9 Å². The molecule has 2 amide bonds. The Kier molecular flexibility index (Phi) is 7.21. The Bertz CT molecular complexity index is 890. The fraction of sp³-hybridized carbons (Fsp3) is 0.304. The molecule has 0 radical (unpaired) electrons. The minimum absolute atomic E-state index is 0.0753. The minimum Gasteiger partial charge on any atom is -0.400 e. The standard InChI is InChI=1S/C23H28N4O3/c1-15(24)21(23(29)27-30)26-22(28)20-10-8-19(9-11-20)18-6-4-17(5-7-18)14-25-13-12-16-2-3-16/h4-11,16,21,25,30H,1-3,12-14,24H2,(H,26,28)(H,27,29)/t21-/m0/s1. The van der Waals surface area contributed by atoms with E-state index in [0.717, 1.165) is 30.1 Å². The van der Waals surface area contributed by atoms with Gasteiger partial charge in [0.25, 0.3) is 11.8 Å². The molecule has 0 aliphatic heterocycles. The van der Waals surface area contributed by atoms with Crippen LogP contribution < -0.4 is 21.8 Å². The highest BCUT2D eigenvalue weighted by atomic mass is 16.5. The molecular weight excluding hydrogens is 380 g/mol. The van der Waals surface area contributed by atoms with Crippen molar-refractivity contribution in [3.05, 3.63) is 71.9 Å². The second-order valence-electron chi connectivity index (χ2n) is 7.64. The minimum atomic E-state index is -1.22. The van der Waals surface area contributed by atoms with Gasteiger partial charge in [0.2, 0.25) is 0 Å². The highest BCUT2D eigenvalue weighted by molar-refractivity contribution is 5.98. The summed E-state index contributed by atoms with van der Waals surface area (Å²) in [7, 11) is 0. The number of hydrogen-bond donors (Lipinski definition) is 5. The van der Waals surface area contributed by atoms with Crippen LogP contribution in [0.3, 0.4) is 0 Å². The second-order valence-corrected chi connectivity index (χ2v) is 7.64. The SMILES string of the molecule is C=C(N)[C@H](NC(=O)c1ccc(-c2ccc(CNCCC3CC3)cc2)cc1)C(=O)NO. The lowest BCUT2D eigenvalue weighted by atomic mass is 10.0. The topological polar surface area (TPSA) is 116 Å². The fourth-order valence-electron chi connectivity index (χ4n) is 3.18. The molecule has 0 bridgehead atoms. The Balaban J connectivity index is 1.56. The van der Waals surface area contributed by atoms with Gasteiger partial charge in [0.15, 0.2) is 0 Å². The molecule has 3 rings (SSSR count). The van der Waals surface area contributed by atoms with Gasteiger partial charge in [0.05, 0.1) is 0 Å². The number of hydrogen-bond acceptors (Lipinski definition) is 5. The lowest BCUT2D eigenvalue weighted by molar-refractivity contribution is -0.130. The summed E-state index contributed by atoms with van der Waals surface area (Å²) in [6.07, 6.45) is 4.04. The summed E-state index contributed by atoms with van der Waals surface area (Å²) >= 11 is 0. The predicted octanol–water partition coefficient (Wildman–Crippen LogP) is 2.32. The lowest BCUT2D eigenvalue weighted by Crippen LogP contribution is -2.48. The van der Waals surface area contributed by atoms with E-state index in [9.17, 15) is 9.59 Å². The van der Waals surface area contributed by atoms with E-state index in [1.165, 1.54) is 30.3 Å². The van der Waals surface area contributed by atoms with Gasteiger partial charge in [-0.15, -0.1) is 0 Å². The molecule has 1 saturated carbocycles. The first kappa shape index (κ1) is 21.5. The van der Waals surface area contributed by atoms with Crippen LogP contribution in [0.1, 0.15) is 35.2 Å². The normalized spacial score (nSPS) is 14.0. The van der Waals surface area contributed by atoms with Gasteiger partial charge in [-0.25, -0.2) is 5.48 Å². The lowest BCUT2D eigenvalue weighted by Gasteiger charge is -2.16. The first-order valence-electron chi connectivity index (χ1n) is 10.1. The molecule has 30 heavy (non-hydrogen) atoms. The molecule has 1 fully saturated rings. The Morgan fingerprint density at radius 2 is 1.67 bits per heavy atom. The van der Waals surface area contributed by atoms with Crippen molar-refractivity contribution >= 4 is 11.8 Å². The fourth-order valence-corrected chi connectivity index (χ4v) is 3.18. The van der Waals surface area contributed by atoms with Crippen molar-refractivity contribution in [1.82, 2.24) is 16.1 Å². The largest absolute Gasteiger partial charge is 0.400 e. The molecule has 1 aliphatic rings. The van der Waals surface area contributed by atoms with Gasteiger partial charge in [-0.05, 0) is 47.7 Å². The van der Waals surface area contributed by atoms with Crippen LogP contribution in [0.5, 0.6) is 0 Å². The van der Waals surface area contributed by atoms with E-state index in [2.05, 4.69) is 41.5 Å². The Labute approximate surface area is 176 Å². The average molecular weight is 409 g/mol. The van der Waals surface area contributed by atoms with Gasteiger partial charge in [0.1, 0.15) is 6.04 Å². The molecule has 1 aliphatic carbocycles. The first-order valence-corrected chi connectivity index (χ1v) is 10.1. The molecule has 2 aromatic carbocycles. The van der Waals surface area contributed by atoms with Crippen LogP contribution in [0.15, 0.2) is 60.8 Å². The van der Waals surface area contributed by atoms with Gasteiger partial charge in [-0.3, -0.25) is 14.8 Å². The van der Waals surface area contributed by atoms with Gasteiger partial charge in [-0.2, -0.15) is 0 Å². The molecule has 0 unspecified atom stereocenters. The molecule has 158 valence electrons. The van der Waals surface area contributed by atoms with Crippen LogP contribution in [0.25, 0.3) is 11.1 Å². The molecule has 0 saturated heterocycles. The molecule has 7 heteroatoms. The van der Waals surface area contributed by atoms with E-state index >= 15 is 0 Å². The summed E-state index contributed by atoms with van der Waals surface area (Å²) in [5.41, 5.74) is 10.5. The van der Waals surface area contributed by atoms with E-state index in [1.54, 1.807) is 12.1 Å². The highest BCUT2D eigenvalue weighted by Crippen LogP contribution is 2.31. The number of amides is 2. The van der Waals surface area contributed by atoms with Crippen LogP contribution in [-0.4, -0.2) is 29.6 Å². The van der Waals surface area contributed by atoms with Crippen molar-refractivity contribution < 1.29 is 14.8 Å². The monoisotopic (exact) mass is 408 g/mol. The predicted molar refractivity (Wildman–Crippen MR) is 115 cm³/mol. The molecule has 0 spiro atoms. The van der Waals surface area contributed by atoms with Gasteiger partial charge in [-0.1, -0.05) is 55.8 Å². The maximum atomic E-state index is 12.4. The number of hydroxylamine groups is 1. The van der Waals surface area contributed by atoms with Crippen LogP contribution in [0.2, 0.25) is 0 Å². The number of carbonyl (C=O) groups excluding carboxylic acids is 2. The third kappa shape index (κ3) is 5.92. The molecule has 7 nitrogen and oxygen atoms in total. The van der Waals surface area contributed by atoms with E-state index in [4.69, 9.17) is 10.9 Å². The Morgan fingerprint density at radius 3 is 2.20 bits per heavy atom. The van der Waals surface area contributed by atoms with E-state index in [0.29, 0.717) is 5.56 Å². The number of carbonyl (C=O) groups is 2. The van der Waals surface area contributed by atoms with Gasteiger partial charge >= 0.3 is 0 Å². The summed E-state index contributed by atoms with van der Waals surface area (Å²) in [5, 5.41) is 14.7. The van der Waals surface area contributed by atoms with E-state index in [1.807, 2.05) is 12.1 Å². The third-order valence-corrected chi connectivity index (χ3v) is 5.21. The quantitative estimate of drug-likeness (QED) is 0.235. The Hall–Kier alpha value is -3.16. The number of rotatable bonds is 10. The maximum absolute atomic E-state index is 12.4. The zero-order valence-corrected chi connectivity index (χ0v) is 16.9. The molecule has 2 aromatic rings. The van der Waals surface area contributed by atoms with Crippen molar-refractivity contribution in [3.8, 4) is 11.1 Å². The molecule has 0 aromatic heterocycles. The Morgan fingerprint density at radius 1 is 1.07 bits per heavy atom. The third-order valence-electron chi connectivity index (χ3n) is 5.21. The van der Waals surface area contributed by atoms with Crippen molar-refractivity contribution in [2.45, 2.75) is 31.8 Å². The zero-order valence-electron chi connectivity index (χ0n) is 16.9. The summed E-state index contributed by atoms with van der Waals surface area (Å²) < 4.78 is 0. The van der Waals surface area contributed by atoms with Crippen LogP contribution in [-0.2, 0) is 11.3 Å². The maximum Gasteiger partial charge on any atom is 0.272 e. The van der Waals surface area contributed by atoms with Crippen molar-refractivity contribution in [1.29, 1.82) is 0 Å². The first-order chi connectivity index (χ1) is 14.5. The van der Waals surface area contributed by atoms with Gasteiger partial charge in [0, 0.05) is 17.8 Å². The van der Waals surface area contributed by atoms with Crippen molar-refractivity contribution in [2.24, 2.45) is 11.7 Å². The summed E-state index contributed by atoms with van der Waals surface area (Å²) in [6.45, 7) is 5.38. The molecule has 1 atom stereocenters. The summed E-state index contributed by atoms with van der Waals surface area (Å²) in [5.74, 6) is -0.402. The van der Waals surface area contributed by atoms with Crippen molar-refractivity contribution in [2.75, 3.05) is 6.54 Å². The molecule has 0 heterocycles. The number of benzene rings is 2. The van der Waals surface area contributed by atoms with Gasteiger partial charge < -0.3 is 16.4 Å². The van der Waals surface area contributed by atoms with Crippen LogP contribution in [0, 0.1) is 5.92 Å². The average Bonchev–Trinajstić information content (AvgIpc) is 3.59. The summed E-state index contributed by atoms with van der Waals surface area (Å²) in [6, 6.07) is 14.1. The smallest absolute Gasteiger partial charge is 0.272 e. The summed E-state index contributed by atoms with van der Waals surface area (Å²) in [4.78, 5) is 23.9. The highest BCUT2D eigenvalue weighted by Gasteiger charge is 2.22. The van der Waals surface area contributed by atoms with Crippen LogP contribution >= 0.6 is 0 Å². The number of nitrogens with two attached hydrogens (primary N) is 1. The molecular formula is C23H28N4O3. The number of nitrogens with one attached hydrogen (secondary N) is 3. The van der Waals surface area contributed by atoms with Crippen LogP contribution in [0.4, 0.5) is 0 Å². The zero-order chi connectivity index (χ0) is 21.5.